The van der Waals surface area contributed by atoms with Crippen LogP contribution in [0, 0.1) is 0 Å². The largest absolute Gasteiger partial charge is 0.497 e. The highest BCUT2D eigenvalue weighted by Gasteiger charge is 2.41. The normalized spacial score (nSPS) is 15.4. The minimum absolute atomic E-state index is 0.0408. The summed E-state index contributed by atoms with van der Waals surface area (Å²) in [5, 5.41) is 5.74. The molecule has 1 aliphatic rings. The first kappa shape index (κ1) is 31.7. The highest BCUT2D eigenvalue weighted by Crippen LogP contribution is 2.32. The van der Waals surface area contributed by atoms with Crippen LogP contribution in [0.3, 0.4) is 0 Å². The van der Waals surface area contributed by atoms with E-state index in [1.165, 1.54) is 0 Å². The molecule has 0 bridgehead atoms. The second-order valence-corrected chi connectivity index (χ2v) is 12.1. The Balaban J connectivity index is 1.54. The fraction of sp³-hybridized carbons (Fsp3) is 0.455. The maximum absolute atomic E-state index is 13.9. The monoisotopic (exact) mass is 588 g/mol. The number of nitrogens with two attached hydrogens (primary N) is 1. The van der Waals surface area contributed by atoms with E-state index in [1.807, 2.05) is 66.4 Å². The van der Waals surface area contributed by atoms with Gasteiger partial charge in [-0.25, -0.2) is 4.98 Å². The third-order valence-electron chi connectivity index (χ3n) is 7.88. The van der Waals surface area contributed by atoms with Crippen molar-refractivity contribution in [2.45, 2.75) is 76.4 Å². The van der Waals surface area contributed by atoms with Crippen molar-refractivity contribution >= 4 is 23.5 Å². The van der Waals surface area contributed by atoms with Crippen LogP contribution in [0.4, 0.5) is 5.82 Å². The Kier molecular flexibility index (Phi) is 10.2. The summed E-state index contributed by atoms with van der Waals surface area (Å²) in [6.07, 6.45) is 7.16. The summed E-state index contributed by atoms with van der Waals surface area (Å²) in [7, 11) is 1.60. The van der Waals surface area contributed by atoms with Crippen molar-refractivity contribution in [1.29, 1.82) is 0 Å². The van der Waals surface area contributed by atoms with Gasteiger partial charge in [0.15, 0.2) is 5.82 Å². The van der Waals surface area contributed by atoms with E-state index >= 15 is 0 Å². The number of amides is 3. The summed E-state index contributed by atoms with van der Waals surface area (Å²) < 4.78 is 7.07. The second kappa shape index (κ2) is 13.9. The minimum Gasteiger partial charge on any atom is -0.497 e. The molecule has 0 aliphatic carbocycles. The molecule has 4 N–H and O–H groups in total. The molecule has 43 heavy (non-hydrogen) atoms. The molecule has 0 unspecified atom stereocenters. The smallest absolute Gasteiger partial charge is 0.253 e. The maximum Gasteiger partial charge on any atom is 0.253 e. The van der Waals surface area contributed by atoms with Crippen molar-refractivity contribution in [2.24, 2.45) is 5.73 Å². The highest BCUT2D eigenvalue weighted by atomic mass is 16.5. The lowest BCUT2D eigenvalue weighted by molar-refractivity contribution is -0.137. The highest BCUT2D eigenvalue weighted by molar-refractivity contribution is 5.96. The molecule has 2 aromatic carbocycles. The molecule has 10 nitrogen and oxygen atoms in total. The van der Waals surface area contributed by atoms with Crippen molar-refractivity contribution in [1.82, 2.24) is 19.8 Å². The first-order chi connectivity index (χ1) is 20.5. The first-order valence-electron chi connectivity index (χ1n) is 14.9. The van der Waals surface area contributed by atoms with Gasteiger partial charge in [0.1, 0.15) is 17.3 Å². The molecule has 1 fully saturated rings. The molecular weight excluding hydrogens is 544 g/mol. The molecule has 10 heteroatoms. The number of benzene rings is 2. The molecule has 230 valence electrons. The number of nitrogens with zero attached hydrogens (tertiary/aromatic N) is 3. The van der Waals surface area contributed by atoms with Crippen LogP contribution in [0.1, 0.15) is 64.0 Å². The maximum atomic E-state index is 13.9. The molecule has 3 amide bonds. The van der Waals surface area contributed by atoms with Gasteiger partial charge >= 0.3 is 0 Å². The van der Waals surface area contributed by atoms with Crippen LogP contribution in [-0.4, -0.2) is 64.0 Å². The number of ether oxygens (including phenoxy) is 1. The van der Waals surface area contributed by atoms with Crippen LogP contribution in [0.15, 0.2) is 67.1 Å². The Bertz CT molecular complexity index is 1380. The number of rotatable bonds is 13. The Hall–Kier alpha value is -4.18. The van der Waals surface area contributed by atoms with Crippen LogP contribution in [0.2, 0.25) is 0 Å². The SMILES string of the molecule is COc1ccc([C@@](C)(C(=O)N2CCCC2)n2cnc(NC(=O)[C@@H](CCCc3ccccc3)NC(=O)CC(C)(C)N)c2)cc1. The number of anilines is 1. The number of imidazole rings is 1. The average Bonchev–Trinajstić information content (AvgIpc) is 3.69. The molecular formula is C33H44N6O4. The fourth-order valence-electron chi connectivity index (χ4n) is 5.45. The van der Waals surface area contributed by atoms with Crippen molar-refractivity contribution < 1.29 is 19.1 Å². The number of carbonyl (C=O) groups is 3. The van der Waals surface area contributed by atoms with E-state index < -0.39 is 17.1 Å². The zero-order valence-electron chi connectivity index (χ0n) is 25.6. The van der Waals surface area contributed by atoms with Gasteiger partial charge in [-0.3, -0.25) is 14.4 Å². The van der Waals surface area contributed by atoms with Crippen molar-refractivity contribution in [3.63, 3.8) is 0 Å². The third kappa shape index (κ3) is 8.22. The molecule has 1 aliphatic heterocycles. The Morgan fingerprint density at radius 3 is 2.33 bits per heavy atom. The van der Waals surface area contributed by atoms with Crippen molar-refractivity contribution in [3.8, 4) is 5.75 Å². The number of hydrogen-bond acceptors (Lipinski definition) is 6. The Labute approximate surface area is 254 Å². The molecule has 2 heterocycles. The van der Waals surface area contributed by atoms with E-state index in [0.29, 0.717) is 37.5 Å². The standard InChI is InChI=1S/C33H44N6O4/c1-32(2,34)21-29(40)36-27(14-10-13-24-11-6-5-7-12-24)30(41)37-28-22-39(23-35-28)33(3,31(42)38-19-8-9-20-38)25-15-17-26(43-4)18-16-25/h5-7,11-12,15-18,22-23,27H,8-10,13-14,19-21,34H2,1-4H3,(H,36,40)(H,37,41)/t27-,33+/m1/s1. The van der Waals surface area contributed by atoms with E-state index in [1.54, 1.807) is 38.0 Å². The van der Waals surface area contributed by atoms with Crippen LogP contribution >= 0.6 is 0 Å². The van der Waals surface area contributed by atoms with Gasteiger partial charge in [-0.2, -0.15) is 0 Å². The zero-order chi connectivity index (χ0) is 31.0. The van der Waals surface area contributed by atoms with Gasteiger partial charge < -0.3 is 30.6 Å². The summed E-state index contributed by atoms with van der Waals surface area (Å²) in [6, 6.07) is 16.6. The summed E-state index contributed by atoms with van der Waals surface area (Å²) in [4.78, 5) is 46.5. The third-order valence-corrected chi connectivity index (χ3v) is 7.88. The van der Waals surface area contributed by atoms with E-state index in [0.717, 1.165) is 30.4 Å². The lowest BCUT2D eigenvalue weighted by atomic mass is 9.90. The van der Waals surface area contributed by atoms with Gasteiger partial charge in [-0.05, 0) is 76.1 Å². The molecule has 0 radical (unpaired) electrons. The second-order valence-electron chi connectivity index (χ2n) is 12.1. The molecule has 2 atom stereocenters. The predicted octanol–water partition coefficient (Wildman–Crippen LogP) is 3.85. The van der Waals surface area contributed by atoms with Gasteiger partial charge in [0, 0.05) is 31.2 Å². The predicted molar refractivity (Wildman–Crippen MR) is 167 cm³/mol. The van der Waals surface area contributed by atoms with Crippen LogP contribution in [-0.2, 0) is 26.3 Å². The molecule has 3 aromatic rings. The number of aryl methyl sites for hydroxylation is 1. The van der Waals surface area contributed by atoms with E-state index in [9.17, 15) is 14.4 Å². The summed E-state index contributed by atoms with van der Waals surface area (Å²) in [5.41, 5.74) is 6.19. The lowest BCUT2D eigenvalue weighted by Crippen LogP contribution is -2.48. The topological polar surface area (TPSA) is 132 Å². The van der Waals surface area contributed by atoms with E-state index in [-0.39, 0.29) is 24.1 Å². The quantitative estimate of drug-likeness (QED) is 0.278. The number of nitrogens with one attached hydrogen (secondary N) is 2. The van der Waals surface area contributed by atoms with Crippen LogP contribution < -0.4 is 21.1 Å². The van der Waals surface area contributed by atoms with E-state index in [4.69, 9.17) is 10.5 Å². The summed E-state index contributed by atoms with van der Waals surface area (Å²) >= 11 is 0. The van der Waals surface area contributed by atoms with Gasteiger partial charge in [-0.15, -0.1) is 0 Å². The molecule has 1 saturated heterocycles. The van der Waals surface area contributed by atoms with Gasteiger partial charge in [0.2, 0.25) is 11.8 Å². The number of carbonyl (C=O) groups excluding carboxylic acids is 3. The van der Waals surface area contributed by atoms with E-state index in [2.05, 4.69) is 15.6 Å². The number of likely N-dealkylation sites (tertiary alicyclic amines) is 1. The van der Waals surface area contributed by atoms with Crippen molar-refractivity contribution in [2.75, 3.05) is 25.5 Å². The molecule has 4 rings (SSSR count). The zero-order valence-corrected chi connectivity index (χ0v) is 25.6. The van der Waals surface area contributed by atoms with Gasteiger partial charge in [0.05, 0.1) is 13.4 Å². The Morgan fingerprint density at radius 1 is 1.02 bits per heavy atom. The fourth-order valence-corrected chi connectivity index (χ4v) is 5.45. The van der Waals surface area contributed by atoms with Gasteiger partial charge in [0.25, 0.3) is 5.91 Å². The minimum atomic E-state index is -1.09. The molecule has 1 aromatic heterocycles. The molecule has 0 spiro atoms. The number of hydrogen-bond donors (Lipinski definition) is 3. The van der Waals surface area contributed by atoms with Crippen molar-refractivity contribution in [3.05, 3.63) is 78.2 Å². The lowest BCUT2D eigenvalue weighted by Gasteiger charge is -2.34. The summed E-state index contributed by atoms with van der Waals surface area (Å²) in [5.74, 6) is 0.276. The Morgan fingerprint density at radius 2 is 1.70 bits per heavy atom. The first-order valence-corrected chi connectivity index (χ1v) is 14.9. The van der Waals surface area contributed by atoms with Crippen LogP contribution in [0.25, 0.3) is 0 Å². The number of methoxy groups -OCH3 is 1. The van der Waals surface area contributed by atoms with Crippen LogP contribution in [0.5, 0.6) is 5.75 Å². The van der Waals surface area contributed by atoms with Gasteiger partial charge in [-0.1, -0.05) is 42.5 Å². The average molecular weight is 589 g/mol. The molecule has 0 saturated carbocycles. The summed E-state index contributed by atoms with van der Waals surface area (Å²) in [6.45, 7) is 6.81. The number of aromatic nitrogens is 2.